The fraction of sp³-hybridized carbons (Fsp3) is 0.857. The SMILES string of the molecule is CN1CCC(F)(C(F)(F)C(=O)O)C1. The first kappa shape index (κ1) is 10.3. The third-order valence-electron chi connectivity index (χ3n) is 2.24. The van der Waals surface area contributed by atoms with Gasteiger partial charge in [0.2, 0.25) is 0 Å². The van der Waals surface area contributed by atoms with Gasteiger partial charge in [-0.2, -0.15) is 8.78 Å². The fourth-order valence-corrected chi connectivity index (χ4v) is 1.40. The number of rotatable bonds is 2. The minimum Gasteiger partial charge on any atom is -0.477 e. The van der Waals surface area contributed by atoms with Crippen molar-refractivity contribution in [1.29, 1.82) is 0 Å². The largest absolute Gasteiger partial charge is 0.477 e. The number of carbonyl (C=O) groups is 1. The highest BCUT2D eigenvalue weighted by Gasteiger charge is 2.62. The van der Waals surface area contributed by atoms with Gasteiger partial charge in [-0.1, -0.05) is 0 Å². The summed E-state index contributed by atoms with van der Waals surface area (Å²) < 4.78 is 39.0. The number of halogens is 3. The van der Waals surface area contributed by atoms with E-state index in [0.717, 1.165) is 0 Å². The second-order valence-corrected chi connectivity index (χ2v) is 3.33. The number of alkyl halides is 3. The summed E-state index contributed by atoms with van der Waals surface area (Å²) in [5.74, 6) is -6.69. The summed E-state index contributed by atoms with van der Waals surface area (Å²) in [5, 5.41) is 8.14. The first-order valence-corrected chi connectivity index (χ1v) is 3.78. The Morgan fingerprint density at radius 2 is 2.15 bits per heavy atom. The molecule has 13 heavy (non-hydrogen) atoms. The molecule has 0 aromatic rings. The smallest absolute Gasteiger partial charge is 0.378 e. The van der Waals surface area contributed by atoms with E-state index in [4.69, 9.17) is 5.11 Å². The highest BCUT2D eigenvalue weighted by atomic mass is 19.3. The molecule has 0 aromatic carbocycles. The molecule has 1 aliphatic heterocycles. The molecule has 1 aliphatic rings. The highest BCUT2D eigenvalue weighted by Crippen LogP contribution is 2.39. The normalized spacial score (nSPS) is 30.8. The molecule has 1 unspecified atom stereocenters. The van der Waals surface area contributed by atoms with Crippen molar-refractivity contribution in [3.05, 3.63) is 0 Å². The summed E-state index contributed by atoms with van der Waals surface area (Å²) in [4.78, 5) is 11.5. The summed E-state index contributed by atoms with van der Waals surface area (Å²) in [6, 6.07) is 0. The van der Waals surface area contributed by atoms with Crippen LogP contribution in [-0.4, -0.2) is 47.7 Å². The van der Waals surface area contributed by atoms with Crippen LogP contribution >= 0.6 is 0 Å². The van der Waals surface area contributed by atoms with Gasteiger partial charge in [-0.15, -0.1) is 0 Å². The second-order valence-electron chi connectivity index (χ2n) is 3.33. The molecule has 1 saturated heterocycles. The zero-order valence-corrected chi connectivity index (χ0v) is 7.06. The van der Waals surface area contributed by atoms with E-state index in [0.29, 0.717) is 0 Å². The number of hydrogen-bond donors (Lipinski definition) is 1. The van der Waals surface area contributed by atoms with Gasteiger partial charge in [-0.05, 0) is 7.05 Å². The maximum absolute atomic E-state index is 13.4. The molecule has 76 valence electrons. The van der Waals surface area contributed by atoms with Crippen molar-refractivity contribution in [2.45, 2.75) is 18.0 Å². The van der Waals surface area contributed by atoms with E-state index in [1.165, 1.54) is 11.9 Å². The molecule has 0 saturated carbocycles. The Hall–Kier alpha value is -0.780. The quantitative estimate of drug-likeness (QED) is 0.710. The van der Waals surface area contributed by atoms with Crippen LogP contribution in [0.25, 0.3) is 0 Å². The van der Waals surface area contributed by atoms with Crippen LogP contribution in [-0.2, 0) is 4.79 Å². The predicted molar refractivity (Wildman–Crippen MR) is 38.5 cm³/mol. The Balaban J connectivity index is 2.86. The molecule has 1 fully saturated rings. The zero-order valence-electron chi connectivity index (χ0n) is 7.06. The Bertz CT molecular complexity index is 234. The van der Waals surface area contributed by atoms with E-state index in [-0.39, 0.29) is 6.54 Å². The lowest BCUT2D eigenvalue weighted by Gasteiger charge is -2.25. The third kappa shape index (κ3) is 1.50. The number of likely N-dealkylation sites (tertiary alicyclic amines) is 1. The maximum atomic E-state index is 13.4. The lowest BCUT2D eigenvalue weighted by atomic mass is 9.97. The van der Waals surface area contributed by atoms with Gasteiger partial charge in [0.15, 0.2) is 5.67 Å². The van der Waals surface area contributed by atoms with E-state index >= 15 is 0 Å². The van der Waals surface area contributed by atoms with Crippen LogP contribution in [0.5, 0.6) is 0 Å². The van der Waals surface area contributed by atoms with Crippen molar-refractivity contribution >= 4 is 5.97 Å². The van der Waals surface area contributed by atoms with Crippen LogP contribution in [0.2, 0.25) is 0 Å². The lowest BCUT2D eigenvalue weighted by Crippen LogP contribution is -2.51. The molecule has 1 heterocycles. The molecule has 1 rings (SSSR count). The molecule has 0 radical (unpaired) electrons. The molecule has 0 bridgehead atoms. The fourth-order valence-electron chi connectivity index (χ4n) is 1.40. The molecule has 0 aliphatic carbocycles. The van der Waals surface area contributed by atoms with Crippen LogP contribution in [0, 0.1) is 0 Å². The van der Waals surface area contributed by atoms with Crippen molar-refractivity contribution in [2.75, 3.05) is 20.1 Å². The Labute approximate surface area is 73.1 Å². The van der Waals surface area contributed by atoms with Crippen molar-refractivity contribution in [3.63, 3.8) is 0 Å². The Morgan fingerprint density at radius 1 is 1.62 bits per heavy atom. The second kappa shape index (κ2) is 2.87. The number of aliphatic carboxylic acids is 1. The molecule has 3 nitrogen and oxygen atoms in total. The van der Waals surface area contributed by atoms with Gasteiger partial charge in [-0.3, -0.25) is 0 Å². The van der Waals surface area contributed by atoms with Crippen molar-refractivity contribution in [1.82, 2.24) is 4.90 Å². The molecule has 1 N–H and O–H groups in total. The maximum Gasteiger partial charge on any atom is 0.378 e. The number of carboxylic acids is 1. The molecule has 0 spiro atoms. The standard InChI is InChI=1S/C7H10F3NO2/c1-11-3-2-6(8,4-11)7(9,10)5(12)13/h2-4H2,1H3,(H,12,13). The number of nitrogens with zero attached hydrogens (tertiary/aromatic N) is 1. The Kier molecular flexibility index (Phi) is 2.27. The molecular weight excluding hydrogens is 187 g/mol. The van der Waals surface area contributed by atoms with Gasteiger partial charge >= 0.3 is 11.9 Å². The summed E-state index contributed by atoms with van der Waals surface area (Å²) >= 11 is 0. The van der Waals surface area contributed by atoms with E-state index < -0.39 is 30.5 Å². The molecular formula is C7H10F3NO2. The van der Waals surface area contributed by atoms with Crippen LogP contribution < -0.4 is 0 Å². The number of carboxylic acid groups (broad SMARTS) is 1. The lowest BCUT2D eigenvalue weighted by molar-refractivity contribution is -0.189. The monoisotopic (exact) mass is 197 g/mol. The number of hydrogen-bond acceptors (Lipinski definition) is 2. The first-order chi connectivity index (χ1) is 5.79. The minimum atomic E-state index is -4.29. The van der Waals surface area contributed by atoms with Gasteiger partial charge in [0.1, 0.15) is 0 Å². The third-order valence-corrected chi connectivity index (χ3v) is 2.24. The summed E-state index contributed by atoms with van der Waals surface area (Å²) in [6.07, 6.45) is -0.442. The van der Waals surface area contributed by atoms with Crippen LogP contribution in [0.4, 0.5) is 13.2 Å². The minimum absolute atomic E-state index is 0.152. The Morgan fingerprint density at radius 3 is 2.46 bits per heavy atom. The van der Waals surface area contributed by atoms with Crippen molar-refractivity contribution in [3.8, 4) is 0 Å². The average molecular weight is 197 g/mol. The molecule has 0 aromatic heterocycles. The van der Waals surface area contributed by atoms with Crippen molar-refractivity contribution in [2.24, 2.45) is 0 Å². The van der Waals surface area contributed by atoms with Crippen LogP contribution in [0.3, 0.4) is 0 Å². The zero-order chi connectivity index (χ0) is 10.3. The van der Waals surface area contributed by atoms with E-state index in [1.807, 2.05) is 0 Å². The molecule has 0 amide bonds. The van der Waals surface area contributed by atoms with Gasteiger partial charge < -0.3 is 10.0 Å². The van der Waals surface area contributed by atoms with Gasteiger partial charge in [0.05, 0.1) is 0 Å². The van der Waals surface area contributed by atoms with Gasteiger partial charge in [0, 0.05) is 19.5 Å². The topological polar surface area (TPSA) is 40.5 Å². The van der Waals surface area contributed by atoms with Gasteiger partial charge in [0.25, 0.3) is 0 Å². The summed E-state index contributed by atoms with van der Waals surface area (Å²) in [5.41, 5.74) is -2.92. The van der Waals surface area contributed by atoms with E-state index in [1.54, 1.807) is 0 Å². The predicted octanol–water partition coefficient (Wildman–Crippen LogP) is 0.750. The van der Waals surface area contributed by atoms with Crippen LogP contribution in [0.15, 0.2) is 0 Å². The first-order valence-electron chi connectivity index (χ1n) is 3.78. The molecule has 1 atom stereocenters. The van der Waals surface area contributed by atoms with Gasteiger partial charge in [-0.25, -0.2) is 9.18 Å². The van der Waals surface area contributed by atoms with E-state index in [2.05, 4.69) is 0 Å². The van der Waals surface area contributed by atoms with E-state index in [9.17, 15) is 18.0 Å². The summed E-state index contributed by atoms with van der Waals surface area (Å²) in [6.45, 7) is -0.383. The average Bonchev–Trinajstić information content (AvgIpc) is 2.32. The van der Waals surface area contributed by atoms with Crippen molar-refractivity contribution < 1.29 is 23.1 Å². The van der Waals surface area contributed by atoms with Crippen LogP contribution in [0.1, 0.15) is 6.42 Å². The highest BCUT2D eigenvalue weighted by molar-refractivity contribution is 5.77. The molecule has 6 heteroatoms. The summed E-state index contributed by atoms with van der Waals surface area (Å²) in [7, 11) is 1.47.